The average Bonchev–Trinajstić information content (AvgIpc) is 3.23. The zero-order valence-corrected chi connectivity index (χ0v) is 40.2. The molecule has 0 aromatic carbocycles. The van der Waals surface area contributed by atoms with E-state index in [0.717, 1.165) is 63.7 Å². The molecule has 0 saturated carbocycles. The summed E-state index contributed by atoms with van der Waals surface area (Å²) in [4.78, 5) is 37.8. The van der Waals surface area contributed by atoms with Gasteiger partial charge in [-0.1, -0.05) is 259 Å². The van der Waals surface area contributed by atoms with Crippen LogP contribution in [-0.4, -0.2) is 37.2 Å². The summed E-state index contributed by atoms with van der Waals surface area (Å²) in [6, 6.07) is 0. The quantitative estimate of drug-likeness (QED) is 0.0345. The molecule has 0 aliphatic heterocycles. The Labute approximate surface area is 368 Å². The van der Waals surface area contributed by atoms with Crippen molar-refractivity contribution in [2.75, 3.05) is 13.2 Å². The van der Waals surface area contributed by atoms with E-state index in [1.54, 1.807) is 0 Å². The maximum absolute atomic E-state index is 12.7. The molecule has 0 bridgehead atoms. The molecule has 0 aromatic rings. The number of unbranched alkanes of at least 4 members (excludes halogenated alkanes) is 34. The highest BCUT2D eigenvalue weighted by molar-refractivity contribution is 5.71. The van der Waals surface area contributed by atoms with E-state index in [0.29, 0.717) is 19.3 Å². The van der Waals surface area contributed by atoms with Crippen LogP contribution < -0.4 is 0 Å². The van der Waals surface area contributed by atoms with E-state index in [2.05, 4.69) is 27.7 Å². The Morgan fingerprint density at radius 3 is 0.881 bits per heavy atom. The Kier molecular flexibility index (Phi) is 46.2. The number of hydrogen-bond acceptors (Lipinski definition) is 6. The number of carbonyl (C=O) groups is 3. The normalized spacial score (nSPS) is 12.4. The molecule has 0 aliphatic rings. The molecule has 6 nitrogen and oxygen atoms in total. The first-order valence-electron chi connectivity index (χ1n) is 26.4. The molecule has 2 atom stereocenters. The van der Waals surface area contributed by atoms with Gasteiger partial charge in [-0.15, -0.1) is 0 Å². The summed E-state index contributed by atoms with van der Waals surface area (Å²) in [6.45, 7) is 9.05. The van der Waals surface area contributed by atoms with Crippen molar-refractivity contribution < 1.29 is 28.6 Å². The summed E-state index contributed by atoms with van der Waals surface area (Å²) in [5.74, 6) is 0.0612. The zero-order chi connectivity index (χ0) is 43.1. The third kappa shape index (κ3) is 45.8. The number of hydrogen-bond donors (Lipinski definition) is 0. The van der Waals surface area contributed by atoms with E-state index >= 15 is 0 Å². The summed E-state index contributed by atoms with van der Waals surface area (Å²) in [5, 5.41) is 0. The van der Waals surface area contributed by atoms with Crippen LogP contribution in [0.3, 0.4) is 0 Å². The lowest BCUT2D eigenvalue weighted by molar-refractivity contribution is -0.167. The Hall–Kier alpha value is -1.59. The summed E-state index contributed by atoms with van der Waals surface area (Å²) >= 11 is 0. The smallest absolute Gasteiger partial charge is 0.306 e. The van der Waals surface area contributed by atoms with Crippen molar-refractivity contribution in [2.24, 2.45) is 5.92 Å². The van der Waals surface area contributed by atoms with Crippen LogP contribution in [0, 0.1) is 5.92 Å². The van der Waals surface area contributed by atoms with E-state index < -0.39 is 6.10 Å². The lowest BCUT2D eigenvalue weighted by atomic mass is 9.99. The van der Waals surface area contributed by atoms with Gasteiger partial charge in [-0.05, 0) is 25.2 Å². The van der Waals surface area contributed by atoms with Crippen LogP contribution in [0.5, 0.6) is 0 Å². The van der Waals surface area contributed by atoms with Crippen LogP contribution in [0.1, 0.15) is 297 Å². The summed E-state index contributed by atoms with van der Waals surface area (Å²) in [5.41, 5.74) is 0. The summed E-state index contributed by atoms with van der Waals surface area (Å²) in [6.07, 6.45) is 49.5. The minimum Gasteiger partial charge on any atom is -0.462 e. The van der Waals surface area contributed by atoms with Gasteiger partial charge in [0.1, 0.15) is 13.2 Å². The number of ether oxygens (including phenoxy) is 3. The van der Waals surface area contributed by atoms with E-state index in [4.69, 9.17) is 14.2 Å². The molecule has 0 aliphatic carbocycles. The molecule has 0 radical (unpaired) electrons. The maximum Gasteiger partial charge on any atom is 0.306 e. The van der Waals surface area contributed by atoms with Gasteiger partial charge < -0.3 is 14.2 Å². The predicted octanol–water partition coefficient (Wildman–Crippen LogP) is 17.1. The fraction of sp³-hybridized carbons (Fsp3) is 0.943. The molecule has 0 amide bonds. The largest absolute Gasteiger partial charge is 0.462 e. The first-order valence-corrected chi connectivity index (χ1v) is 26.4. The predicted molar refractivity (Wildman–Crippen MR) is 252 cm³/mol. The molecule has 0 saturated heterocycles. The topological polar surface area (TPSA) is 78.9 Å². The van der Waals surface area contributed by atoms with Crippen LogP contribution in [0.2, 0.25) is 0 Å². The highest BCUT2D eigenvalue weighted by Gasteiger charge is 2.19. The first-order chi connectivity index (χ1) is 28.9. The fourth-order valence-corrected chi connectivity index (χ4v) is 8.01. The van der Waals surface area contributed by atoms with Gasteiger partial charge in [0.05, 0.1) is 0 Å². The Bertz CT molecular complexity index is 889. The van der Waals surface area contributed by atoms with Crippen molar-refractivity contribution in [3.8, 4) is 0 Å². The van der Waals surface area contributed by atoms with Gasteiger partial charge in [-0.3, -0.25) is 14.4 Å². The first kappa shape index (κ1) is 57.4. The van der Waals surface area contributed by atoms with Crippen LogP contribution in [-0.2, 0) is 28.6 Å². The van der Waals surface area contributed by atoms with Gasteiger partial charge in [0, 0.05) is 19.3 Å². The molecular weight excluding hydrogens is 733 g/mol. The second-order valence-electron chi connectivity index (χ2n) is 18.4. The van der Waals surface area contributed by atoms with Gasteiger partial charge in [0.15, 0.2) is 6.10 Å². The molecule has 6 heteroatoms. The highest BCUT2D eigenvalue weighted by atomic mass is 16.6. The van der Waals surface area contributed by atoms with Crippen molar-refractivity contribution in [2.45, 2.75) is 303 Å². The van der Waals surface area contributed by atoms with Gasteiger partial charge in [-0.25, -0.2) is 0 Å². The van der Waals surface area contributed by atoms with E-state index in [9.17, 15) is 14.4 Å². The molecule has 0 spiro atoms. The summed E-state index contributed by atoms with van der Waals surface area (Å²) < 4.78 is 16.7. The van der Waals surface area contributed by atoms with E-state index in [1.807, 2.05) is 0 Å². The van der Waals surface area contributed by atoms with Crippen LogP contribution in [0.25, 0.3) is 0 Å². The number of rotatable bonds is 48. The highest BCUT2D eigenvalue weighted by Crippen LogP contribution is 2.18. The molecular formula is C53H102O6. The van der Waals surface area contributed by atoms with Gasteiger partial charge in [0.25, 0.3) is 0 Å². The average molecular weight is 835 g/mol. The molecule has 59 heavy (non-hydrogen) atoms. The molecule has 0 fully saturated rings. The molecule has 0 aromatic heterocycles. The molecule has 0 rings (SSSR count). The lowest BCUT2D eigenvalue weighted by Crippen LogP contribution is -2.30. The van der Waals surface area contributed by atoms with Crippen molar-refractivity contribution >= 4 is 17.9 Å². The molecule has 1 unspecified atom stereocenters. The minimum atomic E-state index is -0.759. The number of carbonyl (C=O) groups excluding carboxylic acids is 3. The standard InChI is InChI=1S/C53H102O6/c1-5-8-10-12-14-16-29-32-36-40-44-51(54)57-47-50(59-53(56)46-42-38-34-27-15-13-11-9-6-2)48-58-52(55)45-41-37-33-30-26-24-22-20-18-17-19-21-23-25-28-31-35-39-43-49(4)7-3/h49-50H,5-48H2,1-4H3/t49?,50-/m1/s1. The van der Waals surface area contributed by atoms with Crippen molar-refractivity contribution in [3.05, 3.63) is 0 Å². The third-order valence-corrected chi connectivity index (χ3v) is 12.4. The van der Waals surface area contributed by atoms with E-state index in [1.165, 1.54) is 193 Å². The zero-order valence-electron chi connectivity index (χ0n) is 40.2. The Morgan fingerprint density at radius 1 is 0.339 bits per heavy atom. The van der Waals surface area contributed by atoms with Crippen LogP contribution in [0.4, 0.5) is 0 Å². The van der Waals surface area contributed by atoms with Gasteiger partial charge in [-0.2, -0.15) is 0 Å². The van der Waals surface area contributed by atoms with Crippen molar-refractivity contribution in [1.82, 2.24) is 0 Å². The van der Waals surface area contributed by atoms with Gasteiger partial charge in [0.2, 0.25) is 0 Å². The monoisotopic (exact) mass is 835 g/mol. The lowest BCUT2D eigenvalue weighted by Gasteiger charge is -2.18. The second kappa shape index (κ2) is 47.5. The Morgan fingerprint density at radius 2 is 0.593 bits per heavy atom. The van der Waals surface area contributed by atoms with Crippen LogP contribution >= 0.6 is 0 Å². The molecule has 0 heterocycles. The van der Waals surface area contributed by atoms with Crippen molar-refractivity contribution in [3.63, 3.8) is 0 Å². The van der Waals surface area contributed by atoms with E-state index in [-0.39, 0.29) is 31.1 Å². The molecule has 0 N–H and O–H groups in total. The Balaban J connectivity index is 4.12. The maximum atomic E-state index is 12.7. The molecule has 350 valence electrons. The van der Waals surface area contributed by atoms with Gasteiger partial charge >= 0.3 is 17.9 Å². The number of esters is 3. The summed E-state index contributed by atoms with van der Waals surface area (Å²) in [7, 11) is 0. The van der Waals surface area contributed by atoms with Crippen LogP contribution in [0.15, 0.2) is 0 Å². The fourth-order valence-electron chi connectivity index (χ4n) is 8.01. The van der Waals surface area contributed by atoms with Crippen molar-refractivity contribution in [1.29, 1.82) is 0 Å². The second-order valence-corrected chi connectivity index (χ2v) is 18.4. The third-order valence-electron chi connectivity index (χ3n) is 12.4. The SMILES string of the molecule is CCCCCCCCCCCCC(=O)OC[C@H](COC(=O)CCCCCCCCCCCCCCCCCCCCC(C)CC)OC(=O)CCCCCCCCCCC. The minimum absolute atomic E-state index is 0.0629.